The van der Waals surface area contributed by atoms with Crippen LogP contribution < -0.4 is 4.90 Å². The molecule has 6 nitrogen and oxygen atoms in total. The summed E-state index contributed by atoms with van der Waals surface area (Å²) in [5, 5.41) is 21.2. The third kappa shape index (κ3) is 3.68. The number of quaternary nitrogens is 1. The fraction of sp³-hybridized carbons (Fsp3) is 0.316. The quantitative estimate of drug-likeness (QED) is 0.626. The van der Waals surface area contributed by atoms with E-state index < -0.39 is 5.91 Å². The summed E-state index contributed by atoms with van der Waals surface area (Å²) >= 11 is 1.32. The molecule has 3 aromatic rings. The lowest BCUT2D eigenvalue weighted by molar-refractivity contribution is -0.897. The first-order valence-electron chi connectivity index (χ1n) is 8.79. The van der Waals surface area contributed by atoms with Gasteiger partial charge < -0.3 is 14.6 Å². The minimum Gasteiger partial charge on any atom is -0.493 e. The highest BCUT2D eigenvalue weighted by molar-refractivity contribution is 7.12. The van der Waals surface area contributed by atoms with Crippen molar-refractivity contribution < 1.29 is 14.8 Å². The van der Waals surface area contributed by atoms with Gasteiger partial charge in [0.25, 0.3) is 0 Å². The minimum absolute atomic E-state index is 0.0560. The highest BCUT2D eigenvalue weighted by Crippen LogP contribution is 2.38. The van der Waals surface area contributed by atoms with Gasteiger partial charge in [-0.25, -0.2) is 0 Å². The number of rotatable bonds is 7. The number of fused-ring (bicyclic) bond motifs is 1. The summed E-state index contributed by atoms with van der Waals surface area (Å²) in [6.07, 6.45) is 0. The average Bonchev–Trinajstić information content (AvgIpc) is 3.28. The van der Waals surface area contributed by atoms with Gasteiger partial charge in [-0.2, -0.15) is 0 Å². The zero-order valence-electron chi connectivity index (χ0n) is 15.0. The molecule has 0 saturated carbocycles. The molecule has 0 aliphatic rings. The van der Waals surface area contributed by atoms with E-state index >= 15 is 0 Å². The molecule has 136 valence electrons. The molecule has 2 aromatic heterocycles. The molecular formula is C19H23N4O2S+. The lowest BCUT2D eigenvalue weighted by Gasteiger charge is -2.16. The molecule has 0 aliphatic carbocycles. The lowest BCUT2D eigenvalue weighted by atomic mass is 10.2. The van der Waals surface area contributed by atoms with Crippen molar-refractivity contribution in [3.05, 3.63) is 46.7 Å². The summed E-state index contributed by atoms with van der Waals surface area (Å²) in [4.78, 5) is 14.1. The van der Waals surface area contributed by atoms with Crippen molar-refractivity contribution in [2.75, 3.05) is 19.6 Å². The molecule has 0 fully saturated rings. The van der Waals surface area contributed by atoms with Gasteiger partial charge in [0, 0.05) is 5.39 Å². The molecule has 0 spiro atoms. The van der Waals surface area contributed by atoms with Crippen LogP contribution in [0.4, 0.5) is 5.69 Å². The number of hydrogen-bond acceptors (Lipinski definition) is 4. The van der Waals surface area contributed by atoms with Crippen LogP contribution in [0.2, 0.25) is 0 Å². The van der Waals surface area contributed by atoms with Gasteiger partial charge in [-0.05, 0) is 31.4 Å². The molecule has 3 rings (SSSR count). The largest absolute Gasteiger partial charge is 0.493 e. The predicted molar refractivity (Wildman–Crippen MR) is 104 cm³/mol. The van der Waals surface area contributed by atoms with E-state index in [1.165, 1.54) is 16.2 Å². The maximum absolute atomic E-state index is 12.1. The number of thiophene rings is 1. The summed E-state index contributed by atoms with van der Waals surface area (Å²) in [6.45, 7) is 7.98. The Balaban J connectivity index is 1.93. The highest BCUT2D eigenvalue weighted by Gasteiger charge is 2.18. The van der Waals surface area contributed by atoms with Crippen LogP contribution in [0, 0.1) is 0 Å². The van der Waals surface area contributed by atoms with Crippen molar-refractivity contribution in [3.8, 4) is 5.88 Å². The van der Waals surface area contributed by atoms with Crippen LogP contribution in [0.15, 0.2) is 52.0 Å². The van der Waals surface area contributed by atoms with Gasteiger partial charge in [0.15, 0.2) is 5.69 Å². The summed E-state index contributed by atoms with van der Waals surface area (Å²) in [5.41, 5.74) is 1.24. The Morgan fingerprint density at radius 3 is 2.65 bits per heavy atom. The normalized spacial score (nSPS) is 11.8. The number of para-hydroxylation sites is 1. The van der Waals surface area contributed by atoms with Crippen molar-refractivity contribution in [1.82, 2.24) is 4.57 Å². The number of nitrogens with zero attached hydrogens (tertiary/aromatic N) is 3. The van der Waals surface area contributed by atoms with Crippen molar-refractivity contribution in [2.24, 2.45) is 10.2 Å². The van der Waals surface area contributed by atoms with Gasteiger partial charge in [-0.3, -0.25) is 4.79 Å². The van der Waals surface area contributed by atoms with Crippen LogP contribution in [0.5, 0.6) is 5.88 Å². The predicted octanol–water partition coefficient (Wildman–Crippen LogP) is 3.26. The van der Waals surface area contributed by atoms with Crippen molar-refractivity contribution >= 4 is 33.8 Å². The third-order valence-corrected chi connectivity index (χ3v) is 5.44. The van der Waals surface area contributed by atoms with E-state index in [4.69, 9.17) is 0 Å². The van der Waals surface area contributed by atoms with E-state index in [-0.39, 0.29) is 5.88 Å². The smallest absolute Gasteiger partial charge is 0.305 e. The molecule has 0 atom stereocenters. The number of carbonyl (C=O) groups is 1. The number of azo groups is 1. The second-order valence-corrected chi connectivity index (χ2v) is 6.98. The third-order valence-electron chi connectivity index (χ3n) is 4.58. The van der Waals surface area contributed by atoms with Crippen molar-refractivity contribution in [1.29, 1.82) is 0 Å². The molecule has 2 N–H and O–H groups in total. The zero-order valence-corrected chi connectivity index (χ0v) is 15.8. The van der Waals surface area contributed by atoms with Gasteiger partial charge in [-0.1, -0.05) is 24.3 Å². The second-order valence-electron chi connectivity index (χ2n) is 6.03. The first-order chi connectivity index (χ1) is 12.7. The molecule has 0 bridgehead atoms. The Kier molecular flexibility index (Phi) is 5.80. The van der Waals surface area contributed by atoms with Crippen LogP contribution in [0.3, 0.4) is 0 Å². The highest BCUT2D eigenvalue weighted by atomic mass is 32.1. The molecule has 0 radical (unpaired) electrons. The van der Waals surface area contributed by atoms with Gasteiger partial charge in [0.2, 0.25) is 5.88 Å². The van der Waals surface area contributed by atoms with E-state index in [0.29, 0.717) is 17.1 Å². The molecule has 1 amide bonds. The number of likely N-dealkylation sites (N-methyl/N-ethyl adjacent to an activating group) is 1. The molecule has 2 heterocycles. The number of aromatic nitrogens is 1. The maximum Gasteiger partial charge on any atom is 0.305 e. The molecule has 26 heavy (non-hydrogen) atoms. The Morgan fingerprint density at radius 2 is 1.96 bits per heavy atom. The monoisotopic (exact) mass is 371 g/mol. The maximum atomic E-state index is 12.1. The SMILES string of the molecule is CC[NH+](CC)CCn1c(O)c(N=NC(=O)c2cccs2)c2ccccc21. The Bertz CT molecular complexity index is 911. The van der Waals surface area contributed by atoms with Crippen LogP contribution in [0.1, 0.15) is 23.5 Å². The van der Waals surface area contributed by atoms with Gasteiger partial charge >= 0.3 is 5.91 Å². The number of carbonyl (C=O) groups excluding carboxylic acids is 1. The summed E-state index contributed by atoms with van der Waals surface area (Å²) in [5.74, 6) is -0.343. The Labute approximate surface area is 156 Å². The van der Waals surface area contributed by atoms with E-state index in [0.717, 1.165) is 30.5 Å². The number of amides is 1. The van der Waals surface area contributed by atoms with E-state index in [2.05, 4.69) is 24.1 Å². The Hall–Kier alpha value is -2.51. The molecule has 1 aromatic carbocycles. The standard InChI is InChI=1S/C19H22N4O2S/c1-3-22(4-2)11-12-23-15-9-6-5-8-14(15)17(19(23)25)20-21-18(24)16-10-7-13-26-16/h5-10,13,25H,3-4,11-12H2,1-2H3/p+1. The zero-order chi connectivity index (χ0) is 18.5. The molecular weight excluding hydrogens is 348 g/mol. The topological polar surface area (TPSA) is 71.4 Å². The Morgan fingerprint density at radius 1 is 1.19 bits per heavy atom. The summed E-state index contributed by atoms with van der Waals surface area (Å²) in [7, 11) is 0. The first-order valence-corrected chi connectivity index (χ1v) is 9.67. The number of nitrogens with one attached hydrogen (secondary N) is 1. The summed E-state index contributed by atoms with van der Waals surface area (Å²) < 4.78 is 1.85. The van der Waals surface area contributed by atoms with Crippen LogP contribution in [0.25, 0.3) is 10.9 Å². The lowest BCUT2D eigenvalue weighted by Crippen LogP contribution is -3.11. The number of benzene rings is 1. The van der Waals surface area contributed by atoms with Crippen molar-refractivity contribution in [2.45, 2.75) is 20.4 Å². The molecule has 0 unspecified atom stereocenters. The molecule has 0 aliphatic heterocycles. The number of hydrogen-bond donors (Lipinski definition) is 2. The van der Waals surface area contributed by atoms with Crippen molar-refractivity contribution in [3.63, 3.8) is 0 Å². The van der Waals surface area contributed by atoms with Crippen LogP contribution in [-0.4, -0.2) is 35.2 Å². The minimum atomic E-state index is -0.399. The first kappa shape index (κ1) is 18.3. The van der Waals surface area contributed by atoms with Gasteiger partial charge in [-0.15, -0.1) is 21.6 Å². The fourth-order valence-electron chi connectivity index (χ4n) is 3.01. The average molecular weight is 371 g/mol. The summed E-state index contributed by atoms with van der Waals surface area (Å²) in [6, 6.07) is 11.2. The van der Waals surface area contributed by atoms with E-state index in [9.17, 15) is 9.90 Å². The van der Waals surface area contributed by atoms with E-state index in [1.807, 2.05) is 34.2 Å². The second kappa shape index (κ2) is 8.25. The van der Waals surface area contributed by atoms with Crippen LogP contribution in [-0.2, 0) is 6.54 Å². The van der Waals surface area contributed by atoms with E-state index in [1.54, 1.807) is 12.1 Å². The number of aromatic hydroxyl groups is 1. The van der Waals surface area contributed by atoms with Gasteiger partial charge in [0.05, 0.1) is 36.6 Å². The molecule has 7 heteroatoms. The fourth-order valence-corrected chi connectivity index (χ4v) is 3.62. The molecule has 0 saturated heterocycles. The van der Waals surface area contributed by atoms with Gasteiger partial charge in [0.1, 0.15) is 0 Å². The van der Waals surface area contributed by atoms with Crippen LogP contribution >= 0.6 is 11.3 Å².